The van der Waals surface area contributed by atoms with Crippen LogP contribution in [0.4, 0.5) is 5.69 Å². The van der Waals surface area contributed by atoms with E-state index in [-0.39, 0.29) is 6.61 Å². The van der Waals surface area contributed by atoms with Crippen molar-refractivity contribution < 1.29 is 14.4 Å². The Hall–Kier alpha value is -1.01. The highest BCUT2D eigenvalue weighted by molar-refractivity contribution is 6.55. The van der Waals surface area contributed by atoms with E-state index in [0.29, 0.717) is 16.2 Å². The molecule has 0 spiro atoms. The van der Waals surface area contributed by atoms with Crippen LogP contribution < -0.4 is 5.73 Å². The Bertz CT molecular complexity index is 574. The zero-order chi connectivity index (χ0) is 16.7. The van der Waals surface area contributed by atoms with Gasteiger partial charge in [0.1, 0.15) is 0 Å². The van der Waals surface area contributed by atoms with E-state index < -0.39 is 18.3 Å². The third-order valence-corrected chi connectivity index (χ3v) is 4.76. The monoisotopic (exact) mass is 323 g/mol. The highest BCUT2D eigenvalue weighted by Gasteiger charge is 2.52. The van der Waals surface area contributed by atoms with Gasteiger partial charge in [-0.2, -0.15) is 0 Å². The molecule has 0 bridgehead atoms. The lowest BCUT2D eigenvalue weighted by atomic mass is 9.77. The fourth-order valence-corrected chi connectivity index (χ4v) is 2.54. The number of aryl methyl sites for hydroxylation is 1. The van der Waals surface area contributed by atoms with E-state index in [1.165, 1.54) is 0 Å². The van der Waals surface area contributed by atoms with Crippen LogP contribution in [0.25, 0.3) is 6.08 Å². The van der Waals surface area contributed by atoms with E-state index in [2.05, 4.69) is 0 Å². The van der Waals surface area contributed by atoms with Crippen LogP contribution in [0.3, 0.4) is 0 Å². The molecule has 0 aromatic heterocycles. The summed E-state index contributed by atoms with van der Waals surface area (Å²) in [4.78, 5) is 0. The number of rotatable bonds is 3. The van der Waals surface area contributed by atoms with Gasteiger partial charge in [-0.3, -0.25) is 0 Å². The molecule has 2 rings (SSSR count). The molecule has 6 heteroatoms. The largest absolute Gasteiger partial charge is 0.492 e. The molecule has 1 saturated heterocycles. The van der Waals surface area contributed by atoms with Gasteiger partial charge in [0.25, 0.3) is 0 Å². The van der Waals surface area contributed by atoms with Crippen LogP contribution in [-0.2, 0) is 9.31 Å². The van der Waals surface area contributed by atoms with Crippen LogP contribution in [-0.4, -0.2) is 30.0 Å². The first kappa shape index (κ1) is 17.4. The summed E-state index contributed by atoms with van der Waals surface area (Å²) in [6, 6.07) is 3.69. The predicted molar refractivity (Wildman–Crippen MR) is 91.7 cm³/mol. The Morgan fingerprint density at radius 1 is 1.27 bits per heavy atom. The smallest absolute Gasteiger partial charge is 0.400 e. The number of aliphatic hydroxyl groups excluding tert-OH is 1. The van der Waals surface area contributed by atoms with Crippen LogP contribution in [0.15, 0.2) is 17.6 Å². The fraction of sp³-hybridized carbons (Fsp3) is 0.500. The number of nitrogens with two attached hydrogens (primary N) is 1. The molecule has 1 aliphatic heterocycles. The summed E-state index contributed by atoms with van der Waals surface area (Å²) in [5, 5.41) is 10.2. The zero-order valence-corrected chi connectivity index (χ0v) is 14.5. The maximum atomic E-state index is 9.70. The van der Waals surface area contributed by atoms with Crippen molar-refractivity contribution in [3.05, 3.63) is 33.8 Å². The molecule has 0 saturated carbocycles. The summed E-state index contributed by atoms with van der Waals surface area (Å²) in [6.45, 7) is 9.65. The molecule has 120 valence electrons. The van der Waals surface area contributed by atoms with Gasteiger partial charge in [0, 0.05) is 0 Å². The molecule has 1 heterocycles. The average Bonchev–Trinajstić information content (AvgIpc) is 2.61. The second-order valence-electron chi connectivity index (χ2n) is 6.70. The van der Waals surface area contributed by atoms with Gasteiger partial charge in [-0.25, -0.2) is 0 Å². The zero-order valence-electron chi connectivity index (χ0n) is 13.7. The van der Waals surface area contributed by atoms with Crippen molar-refractivity contribution in [1.82, 2.24) is 0 Å². The Kier molecular flexibility index (Phi) is 4.65. The summed E-state index contributed by atoms with van der Waals surface area (Å²) in [7, 11) is -0.577. The molecule has 1 aromatic rings. The van der Waals surface area contributed by atoms with E-state index in [0.717, 1.165) is 11.1 Å². The maximum absolute atomic E-state index is 9.70. The van der Waals surface area contributed by atoms with E-state index >= 15 is 0 Å². The van der Waals surface area contributed by atoms with Crippen LogP contribution in [0.2, 0.25) is 5.02 Å². The predicted octanol–water partition coefficient (Wildman–Crippen LogP) is 3.24. The highest BCUT2D eigenvalue weighted by atomic mass is 35.5. The molecule has 0 aliphatic carbocycles. The number of anilines is 1. The lowest BCUT2D eigenvalue weighted by Crippen LogP contribution is -2.41. The number of nitrogen functional groups attached to an aromatic ring is 1. The minimum absolute atomic E-state index is 0.155. The number of hydrogen-bond acceptors (Lipinski definition) is 4. The van der Waals surface area contributed by atoms with Crippen LogP contribution in [0.1, 0.15) is 38.8 Å². The maximum Gasteiger partial charge on any atom is 0.492 e. The first-order valence-corrected chi connectivity index (χ1v) is 7.68. The Balaban J connectivity index is 2.34. The average molecular weight is 324 g/mol. The molecule has 22 heavy (non-hydrogen) atoms. The van der Waals surface area contributed by atoms with Crippen molar-refractivity contribution >= 4 is 30.5 Å². The Labute approximate surface area is 137 Å². The SMILES string of the molecule is Cc1cc(C=C(CO)B2OC(C)(C)C(C)(C)O2)cc(Cl)c1N. The van der Waals surface area contributed by atoms with Gasteiger partial charge in [0.15, 0.2) is 0 Å². The van der Waals surface area contributed by atoms with E-state index in [1.807, 2.05) is 46.8 Å². The molecular formula is C16H23BClNO3. The molecular weight excluding hydrogens is 300 g/mol. The molecule has 1 aliphatic rings. The van der Waals surface area contributed by atoms with Crippen molar-refractivity contribution in [3.63, 3.8) is 0 Å². The second kappa shape index (κ2) is 5.89. The van der Waals surface area contributed by atoms with E-state index in [4.69, 9.17) is 26.6 Å². The van der Waals surface area contributed by atoms with Crippen molar-refractivity contribution in [2.45, 2.75) is 45.8 Å². The Morgan fingerprint density at radius 3 is 2.27 bits per heavy atom. The van der Waals surface area contributed by atoms with Crippen LogP contribution in [0, 0.1) is 6.92 Å². The topological polar surface area (TPSA) is 64.7 Å². The van der Waals surface area contributed by atoms with Gasteiger partial charge in [-0.15, -0.1) is 0 Å². The van der Waals surface area contributed by atoms with Crippen LogP contribution >= 0.6 is 11.6 Å². The summed E-state index contributed by atoms with van der Waals surface area (Å²) < 4.78 is 11.9. The van der Waals surface area contributed by atoms with Gasteiger partial charge in [-0.1, -0.05) is 17.7 Å². The van der Waals surface area contributed by atoms with Crippen LogP contribution in [0.5, 0.6) is 0 Å². The van der Waals surface area contributed by atoms with Gasteiger partial charge < -0.3 is 20.1 Å². The van der Waals surface area contributed by atoms with Crippen molar-refractivity contribution in [2.75, 3.05) is 12.3 Å². The normalized spacial score (nSPS) is 20.5. The van der Waals surface area contributed by atoms with E-state index in [9.17, 15) is 5.11 Å². The molecule has 0 amide bonds. The minimum Gasteiger partial charge on any atom is -0.400 e. The second-order valence-corrected chi connectivity index (χ2v) is 7.11. The van der Waals surface area contributed by atoms with E-state index in [1.54, 1.807) is 6.07 Å². The van der Waals surface area contributed by atoms with Crippen molar-refractivity contribution in [3.8, 4) is 0 Å². The first-order valence-electron chi connectivity index (χ1n) is 7.30. The van der Waals surface area contributed by atoms with Crippen molar-refractivity contribution in [1.29, 1.82) is 0 Å². The Morgan fingerprint density at radius 2 is 1.82 bits per heavy atom. The highest BCUT2D eigenvalue weighted by Crippen LogP contribution is 2.39. The quantitative estimate of drug-likeness (QED) is 0.662. The first-order chi connectivity index (χ1) is 10.1. The molecule has 0 radical (unpaired) electrons. The molecule has 0 atom stereocenters. The van der Waals surface area contributed by atoms with Gasteiger partial charge in [0.05, 0.1) is 28.5 Å². The fourth-order valence-electron chi connectivity index (χ4n) is 2.26. The summed E-state index contributed by atoms with van der Waals surface area (Å²) in [5.74, 6) is 0. The summed E-state index contributed by atoms with van der Waals surface area (Å²) >= 11 is 6.12. The third-order valence-electron chi connectivity index (χ3n) is 4.45. The molecule has 1 fully saturated rings. The van der Waals surface area contributed by atoms with Crippen molar-refractivity contribution in [2.24, 2.45) is 0 Å². The molecule has 4 nitrogen and oxygen atoms in total. The summed E-state index contributed by atoms with van der Waals surface area (Å²) in [5.41, 5.74) is 7.94. The minimum atomic E-state index is -0.577. The number of aliphatic hydroxyl groups is 1. The van der Waals surface area contributed by atoms with Gasteiger partial charge in [0.2, 0.25) is 0 Å². The van der Waals surface area contributed by atoms with Gasteiger partial charge in [-0.05, 0) is 63.4 Å². The number of hydrogen-bond donors (Lipinski definition) is 2. The standard InChI is InChI=1S/C16H23BClNO3/c1-10-6-11(8-13(18)14(10)19)7-12(9-20)17-21-15(2,3)16(4,5)22-17/h6-8,20H,9,19H2,1-5H3. The number of benzene rings is 1. The molecule has 1 aromatic carbocycles. The number of halogens is 1. The lowest BCUT2D eigenvalue weighted by Gasteiger charge is -2.32. The summed E-state index contributed by atoms with van der Waals surface area (Å²) in [6.07, 6.45) is 1.83. The molecule has 0 unspecified atom stereocenters. The third kappa shape index (κ3) is 3.18. The van der Waals surface area contributed by atoms with Gasteiger partial charge >= 0.3 is 7.12 Å². The molecule has 3 N–H and O–H groups in total. The lowest BCUT2D eigenvalue weighted by molar-refractivity contribution is 0.00578.